The molecule has 0 saturated heterocycles. The van der Waals surface area contributed by atoms with Gasteiger partial charge >= 0.3 is 6.18 Å². The molecule has 0 amide bonds. The van der Waals surface area contributed by atoms with E-state index in [1.54, 1.807) is 6.08 Å². The Bertz CT molecular complexity index is 145. The molecule has 0 aromatic heterocycles. The van der Waals surface area contributed by atoms with Gasteiger partial charge in [-0.15, -0.1) is 6.58 Å². The highest BCUT2D eigenvalue weighted by atomic mass is 19.4. The van der Waals surface area contributed by atoms with Crippen molar-refractivity contribution < 1.29 is 22.6 Å². The van der Waals surface area contributed by atoms with Gasteiger partial charge in [0, 0.05) is 0 Å². The molecule has 0 heterocycles. The fourth-order valence-corrected chi connectivity index (χ4v) is 0.677. The van der Waals surface area contributed by atoms with E-state index in [1.807, 2.05) is 0 Å². The van der Waals surface area contributed by atoms with Gasteiger partial charge in [0.25, 0.3) is 0 Å². The number of hydrogen-bond donors (Lipinski definition) is 0. The van der Waals surface area contributed by atoms with Crippen LogP contribution >= 0.6 is 0 Å². The van der Waals surface area contributed by atoms with Crippen LogP contribution in [-0.2, 0) is 9.47 Å². The molecule has 0 rings (SSSR count). The first-order chi connectivity index (χ1) is 6.56. The highest BCUT2D eigenvalue weighted by molar-refractivity contribution is 4.64. The van der Waals surface area contributed by atoms with Crippen molar-refractivity contribution in [3.05, 3.63) is 12.7 Å². The van der Waals surface area contributed by atoms with Crippen LogP contribution in [0.25, 0.3) is 0 Å². The lowest BCUT2D eigenvalue weighted by atomic mass is 10.4. The summed E-state index contributed by atoms with van der Waals surface area (Å²) in [5, 5.41) is 0. The van der Waals surface area contributed by atoms with Gasteiger partial charge < -0.3 is 9.47 Å². The normalized spacial score (nSPS) is 11.6. The van der Waals surface area contributed by atoms with Crippen LogP contribution in [0.5, 0.6) is 0 Å². The Hall–Kier alpha value is -0.550. The summed E-state index contributed by atoms with van der Waals surface area (Å²) < 4.78 is 44.6. The Labute approximate surface area is 81.7 Å². The minimum atomic E-state index is -4.14. The van der Waals surface area contributed by atoms with Crippen molar-refractivity contribution in [3.8, 4) is 0 Å². The van der Waals surface area contributed by atoms with Gasteiger partial charge in [-0.05, 0) is 6.42 Å². The second kappa shape index (κ2) is 7.82. The van der Waals surface area contributed by atoms with E-state index in [4.69, 9.17) is 9.47 Å². The zero-order chi connectivity index (χ0) is 10.9. The molecule has 0 saturated carbocycles. The number of alkyl halides is 3. The largest absolute Gasteiger partial charge is 0.391 e. The molecule has 5 heteroatoms. The average molecular weight is 212 g/mol. The molecule has 0 aromatic carbocycles. The predicted octanol–water partition coefficient (Wildman–Crippen LogP) is 2.55. The Morgan fingerprint density at radius 2 is 1.57 bits per heavy atom. The standard InChI is InChI=1S/C9H15F3O2/c1-2-3-5-13-7-8-14-6-4-9(10,11)12/h2H,1,3-8H2. The van der Waals surface area contributed by atoms with E-state index < -0.39 is 12.6 Å². The molecule has 14 heavy (non-hydrogen) atoms. The van der Waals surface area contributed by atoms with Crippen molar-refractivity contribution in [2.75, 3.05) is 26.4 Å². The first kappa shape index (κ1) is 13.4. The maximum Gasteiger partial charge on any atom is 0.391 e. The lowest BCUT2D eigenvalue weighted by Crippen LogP contribution is -2.13. The Kier molecular flexibility index (Phi) is 7.51. The first-order valence-corrected chi connectivity index (χ1v) is 4.39. The number of ether oxygens (including phenoxy) is 2. The maximum atomic E-state index is 11.6. The molecule has 0 unspecified atom stereocenters. The van der Waals surface area contributed by atoms with E-state index in [0.717, 1.165) is 6.42 Å². The summed E-state index contributed by atoms with van der Waals surface area (Å²) in [5.41, 5.74) is 0. The molecule has 0 aliphatic heterocycles. The fourth-order valence-electron chi connectivity index (χ4n) is 0.677. The Morgan fingerprint density at radius 1 is 1.00 bits per heavy atom. The van der Waals surface area contributed by atoms with Crippen molar-refractivity contribution in [2.45, 2.75) is 19.0 Å². The molecule has 0 aliphatic rings. The summed E-state index contributed by atoms with van der Waals surface area (Å²) in [6.45, 7) is 4.26. The molecule has 0 atom stereocenters. The van der Waals surface area contributed by atoms with Crippen LogP contribution in [0, 0.1) is 0 Å². The summed E-state index contributed by atoms with van der Waals surface area (Å²) in [6, 6.07) is 0. The fraction of sp³-hybridized carbons (Fsp3) is 0.778. The van der Waals surface area contributed by atoms with Gasteiger partial charge in [-0.25, -0.2) is 0 Å². The van der Waals surface area contributed by atoms with E-state index in [9.17, 15) is 13.2 Å². The molecule has 0 bridgehead atoms. The van der Waals surface area contributed by atoms with E-state index in [-0.39, 0.29) is 13.2 Å². The predicted molar refractivity (Wildman–Crippen MR) is 47.1 cm³/mol. The second-order valence-corrected chi connectivity index (χ2v) is 2.67. The van der Waals surface area contributed by atoms with E-state index in [1.165, 1.54) is 0 Å². The van der Waals surface area contributed by atoms with Crippen LogP contribution in [-0.4, -0.2) is 32.6 Å². The van der Waals surface area contributed by atoms with Crippen molar-refractivity contribution >= 4 is 0 Å². The third kappa shape index (κ3) is 11.4. The molecular formula is C9H15F3O2. The van der Waals surface area contributed by atoms with E-state index in [0.29, 0.717) is 13.2 Å². The highest BCUT2D eigenvalue weighted by Gasteiger charge is 2.26. The zero-order valence-electron chi connectivity index (χ0n) is 7.98. The number of hydrogen-bond acceptors (Lipinski definition) is 2. The quantitative estimate of drug-likeness (QED) is 0.454. The third-order valence-corrected chi connectivity index (χ3v) is 1.37. The lowest BCUT2D eigenvalue weighted by molar-refractivity contribution is -0.146. The molecular weight excluding hydrogens is 197 g/mol. The van der Waals surface area contributed by atoms with Crippen LogP contribution < -0.4 is 0 Å². The van der Waals surface area contributed by atoms with Crippen molar-refractivity contribution in [3.63, 3.8) is 0 Å². The van der Waals surface area contributed by atoms with Gasteiger partial charge in [0.2, 0.25) is 0 Å². The van der Waals surface area contributed by atoms with Gasteiger partial charge in [-0.1, -0.05) is 6.08 Å². The SMILES string of the molecule is C=CCCOCCOCCC(F)(F)F. The van der Waals surface area contributed by atoms with Gasteiger partial charge in [0.1, 0.15) is 0 Å². The second-order valence-electron chi connectivity index (χ2n) is 2.67. The molecule has 0 aliphatic carbocycles. The van der Waals surface area contributed by atoms with E-state index >= 15 is 0 Å². The molecule has 0 spiro atoms. The number of rotatable bonds is 8. The first-order valence-electron chi connectivity index (χ1n) is 4.39. The van der Waals surface area contributed by atoms with Crippen molar-refractivity contribution in [1.29, 1.82) is 0 Å². The minimum absolute atomic E-state index is 0.202. The van der Waals surface area contributed by atoms with Crippen LogP contribution in [0.1, 0.15) is 12.8 Å². The summed E-state index contributed by atoms with van der Waals surface area (Å²) in [6.07, 6.45) is -2.59. The van der Waals surface area contributed by atoms with Gasteiger partial charge in [0.15, 0.2) is 0 Å². The number of halogens is 3. The van der Waals surface area contributed by atoms with Crippen LogP contribution in [0.3, 0.4) is 0 Å². The van der Waals surface area contributed by atoms with Crippen molar-refractivity contribution in [2.24, 2.45) is 0 Å². The molecule has 0 N–H and O–H groups in total. The molecule has 2 nitrogen and oxygen atoms in total. The van der Waals surface area contributed by atoms with Crippen LogP contribution in [0.2, 0.25) is 0 Å². The Morgan fingerprint density at radius 3 is 2.07 bits per heavy atom. The summed E-state index contributed by atoms with van der Waals surface area (Å²) in [4.78, 5) is 0. The molecule has 0 aromatic rings. The highest BCUT2D eigenvalue weighted by Crippen LogP contribution is 2.18. The summed E-state index contributed by atoms with van der Waals surface area (Å²) in [7, 11) is 0. The summed E-state index contributed by atoms with van der Waals surface area (Å²) >= 11 is 0. The Balaban J connectivity index is 3.03. The smallest absolute Gasteiger partial charge is 0.379 e. The zero-order valence-corrected chi connectivity index (χ0v) is 7.98. The molecule has 84 valence electrons. The van der Waals surface area contributed by atoms with Gasteiger partial charge in [-0.2, -0.15) is 13.2 Å². The minimum Gasteiger partial charge on any atom is -0.379 e. The summed E-state index contributed by atoms with van der Waals surface area (Å²) in [5.74, 6) is 0. The maximum absolute atomic E-state index is 11.6. The third-order valence-electron chi connectivity index (χ3n) is 1.37. The van der Waals surface area contributed by atoms with Crippen molar-refractivity contribution in [1.82, 2.24) is 0 Å². The van der Waals surface area contributed by atoms with Gasteiger partial charge in [-0.3, -0.25) is 0 Å². The monoisotopic (exact) mass is 212 g/mol. The van der Waals surface area contributed by atoms with Crippen LogP contribution in [0.4, 0.5) is 13.2 Å². The molecule has 0 radical (unpaired) electrons. The average Bonchev–Trinajstić information content (AvgIpc) is 2.08. The molecule has 0 fully saturated rings. The van der Waals surface area contributed by atoms with Gasteiger partial charge in [0.05, 0.1) is 32.8 Å². The topological polar surface area (TPSA) is 18.5 Å². The lowest BCUT2D eigenvalue weighted by Gasteiger charge is -2.07. The van der Waals surface area contributed by atoms with E-state index in [2.05, 4.69) is 6.58 Å². The van der Waals surface area contributed by atoms with Crippen LogP contribution in [0.15, 0.2) is 12.7 Å².